The van der Waals surface area contributed by atoms with E-state index in [1.807, 2.05) is 0 Å². The smallest absolute Gasteiger partial charge is 0.547 e. The molecule has 4 unspecified atom stereocenters. The van der Waals surface area contributed by atoms with E-state index < -0.39 is 37.0 Å². The van der Waals surface area contributed by atoms with Crippen LogP contribution in [0.5, 0.6) is 0 Å². The number of carbonyl (C=O) groups is 1. The van der Waals surface area contributed by atoms with Gasteiger partial charge in [0.05, 0.1) is 32.4 Å². The average molecular weight is 367 g/mol. The first-order chi connectivity index (χ1) is 10.8. The molecule has 0 amide bonds. The van der Waals surface area contributed by atoms with E-state index in [4.69, 9.17) is 40.9 Å². The topological polar surface area (TPSA) is 205 Å². The summed E-state index contributed by atoms with van der Waals surface area (Å²) in [6.45, 7) is 0.890. The molecule has 0 bridgehead atoms. The molecular weight excluding hydrogens is 341 g/mol. The number of aliphatic hydroxyl groups excluding tert-OH is 8. The van der Waals surface area contributed by atoms with Gasteiger partial charge in [-0.15, -0.1) is 0 Å². The van der Waals surface area contributed by atoms with Crippen molar-refractivity contribution < 1.29 is 80.3 Å². The molecule has 8 N–H and O–H groups in total. The minimum atomic E-state index is -2.31. The summed E-state index contributed by atoms with van der Waals surface area (Å²) in [6.07, 6.45) is -8.08. The number of hydrogen-bond donors (Lipinski definition) is 8. The van der Waals surface area contributed by atoms with Crippen LogP contribution in [0, 0.1) is 0 Å². The Morgan fingerprint density at radius 3 is 1.46 bits per heavy atom. The van der Waals surface area contributed by atoms with Crippen molar-refractivity contribution in [1.29, 1.82) is 0 Å². The summed E-state index contributed by atoms with van der Waals surface area (Å²) in [5.41, 5.74) is 0. The molecule has 0 fully saturated rings. The van der Waals surface area contributed by atoms with Gasteiger partial charge >= 0.3 is 29.6 Å². The van der Waals surface area contributed by atoms with Crippen LogP contribution < -0.4 is 34.7 Å². The predicted octanol–water partition coefficient (Wildman–Crippen LogP) is -9.56. The fraction of sp³-hybridized carbons (Fsp3) is 0.917. The largest absolute Gasteiger partial charge is 1.00 e. The molecule has 0 radical (unpaired) electrons. The fourth-order valence-electron chi connectivity index (χ4n) is 1.42. The zero-order chi connectivity index (χ0) is 18.4. The van der Waals surface area contributed by atoms with Crippen LogP contribution in [0.15, 0.2) is 0 Å². The van der Waals surface area contributed by atoms with E-state index in [2.05, 4.69) is 0 Å². The van der Waals surface area contributed by atoms with Crippen LogP contribution >= 0.6 is 0 Å². The van der Waals surface area contributed by atoms with Gasteiger partial charge in [-0.3, -0.25) is 4.90 Å². The SMILES string of the molecule is O=C([O-])C(O)C(O)C(O)C(O)CO.OCCN(CCO)CCO.[Na+]. The Bertz CT molecular complexity index is 285. The average Bonchev–Trinajstić information content (AvgIpc) is 2.53. The second-order valence-electron chi connectivity index (χ2n) is 4.51. The second-order valence-corrected chi connectivity index (χ2v) is 4.51. The van der Waals surface area contributed by atoms with Crippen molar-refractivity contribution in [3.63, 3.8) is 0 Å². The van der Waals surface area contributed by atoms with Gasteiger partial charge in [-0.2, -0.15) is 0 Å². The third-order valence-corrected chi connectivity index (χ3v) is 2.74. The Balaban J connectivity index is -0.000000364. The monoisotopic (exact) mass is 367 g/mol. The Morgan fingerprint density at radius 1 is 0.833 bits per heavy atom. The van der Waals surface area contributed by atoms with Crippen LogP contribution in [0.1, 0.15) is 0 Å². The van der Waals surface area contributed by atoms with E-state index in [-0.39, 0.29) is 49.4 Å². The van der Waals surface area contributed by atoms with Gasteiger partial charge in [0.2, 0.25) is 0 Å². The van der Waals surface area contributed by atoms with E-state index in [1.54, 1.807) is 4.90 Å². The number of aliphatic hydroxyl groups is 8. The Hall–Kier alpha value is 0.110. The molecule has 0 spiro atoms. The number of carbonyl (C=O) groups excluding carboxylic acids is 1. The molecule has 0 aromatic heterocycles. The molecule has 4 atom stereocenters. The summed E-state index contributed by atoms with van der Waals surface area (Å²) < 4.78 is 0. The van der Waals surface area contributed by atoms with E-state index in [0.29, 0.717) is 19.6 Å². The maximum absolute atomic E-state index is 9.98. The first-order valence-electron chi connectivity index (χ1n) is 6.85. The summed E-state index contributed by atoms with van der Waals surface area (Å²) in [5.74, 6) is -1.98. The van der Waals surface area contributed by atoms with Gasteiger partial charge in [-0.25, -0.2) is 0 Å². The molecule has 12 heteroatoms. The first kappa shape index (κ1) is 28.9. The Labute approximate surface area is 161 Å². The molecule has 24 heavy (non-hydrogen) atoms. The third-order valence-electron chi connectivity index (χ3n) is 2.74. The van der Waals surface area contributed by atoms with Crippen molar-refractivity contribution in [3.8, 4) is 0 Å². The molecule has 0 rings (SSSR count). The summed E-state index contributed by atoms with van der Waals surface area (Å²) in [4.78, 5) is 11.8. The van der Waals surface area contributed by atoms with Crippen LogP contribution in [-0.4, -0.2) is 122 Å². The normalized spacial score (nSPS) is 15.5. The minimum absolute atomic E-state index is 0. The van der Waals surface area contributed by atoms with Crippen molar-refractivity contribution in [3.05, 3.63) is 0 Å². The third kappa shape index (κ3) is 13.4. The molecule has 0 aliphatic carbocycles. The zero-order valence-corrected chi connectivity index (χ0v) is 15.6. The molecule has 11 nitrogen and oxygen atoms in total. The molecule has 140 valence electrons. The number of carboxylic acids is 1. The molecule has 0 saturated heterocycles. The number of hydrogen-bond acceptors (Lipinski definition) is 11. The van der Waals surface area contributed by atoms with Crippen molar-refractivity contribution in [1.82, 2.24) is 4.90 Å². The van der Waals surface area contributed by atoms with Gasteiger partial charge in [0, 0.05) is 19.6 Å². The van der Waals surface area contributed by atoms with Crippen molar-refractivity contribution in [2.45, 2.75) is 24.4 Å². The molecule has 0 saturated carbocycles. The molecular formula is C12H26NNaO10. The van der Waals surface area contributed by atoms with Gasteiger partial charge in [0.25, 0.3) is 0 Å². The Kier molecular flexibility index (Phi) is 21.6. The van der Waals surface area contributed by atoms with E-state index >= 15 is 0 Å². The minimum Gasteiger partial charge on any atom is -0.547 e. The van der Waals surface area contributed by atoms with Crippen LogP contribution in [0.3, 0.4) is 0 Å². The van der Waals surface area contributed by atoms with Crippen molar-refractivity contribution in [2.75, 3.05) is 46.1 Å². The van der Waals surface area contributed by atoms with Crippen LogP contribution in [0.25, 0.3) is 0 Å². The van der Waals surface area contributed by atoms with Crippen LogP contribution in [0.4, 0.5) is 0 Å². The summed E-state index contributed by atoms with van der Waals surface area (Å²) in [5, 5.41) is 78.9. The van der Waals surface area contributed by atoms with Gasteiger partial charge in [-0.1, -0.05) is 0 Å². The maximum Gasteiger partial charge on any atom is 1.00 e. The first-order valence-corrected chi connectivity index (χ1v) is 6.85. The molecule has 0 aromatic rings. The second kappa shape index (κ2) is 17.9. The fourth-order valence-corrected chi connectivity index (χ4v) is 1.42. The number of nitrogens with zero attached hydrogens (tertiary/aromatic N) is 1. The molecule has 0 heterocycles. The van der Waals surface area contributed by atoms with Crippen LogP contribution in [0.2, 0.25) is 0 Å². The summed E-state index contributed by atoms with van der Waals surface area (Å²) >= 11 is 0. The quantitative estimate of drug-likeness (QED) is 0.161. The zero-order valence-electron chi connectivity index (χ0n) is 13.6. The molecule has 0 aliphatic rings. The van der Waals surface area contributed by atoms with Crippen molar-refractivity contribution in [2.24, 2.45) is 0 Å². The number of aliphatic carboxylic acids is 1. The van der Waals surface area contributed by atoms with Gasteiger partial charge in [0.1, 0.15) is 24.4 Å². The standard InChI is InChI=1S/C6H15NO3.C6H12O7.Na/c8-4-1-7(2-5-9)3-6-10;7-1-2(8)3(9)4(10)5(11)6(12)13;/h8-10H,1-6H2;2-5,7-11H,1H2,(H,12,13);/q;;+1/p-1. The number of carboxylic acid groups (broad SMARTS) is 1. The van der Waals surface area contributed by atoms with Crippen molar-refractivity contribution >= 4 is 5.97 Å². The van der Waals surface area contributed by atoms with E-state index in [0.717, 1.165) is 0 Å². The van der Waals surface area contributed by atoms with Gasteiger partial charge in [-0.05, 0) is 0 Å². The van der Waals surface area contributed by atoms with E-state index in [9.17, 15) is 9.90 Å². The van der Waals surface area contributed by atoms with Gasteiger partial charge < -0.3 is 50.8 Å². The number of rotatable bonds is 11. The molecule has 0 aromatic carbocycles. The van der Waals surface area contributed by atoms with E-state index in [1.165, 1.54) is 0 Å². The van der Waals surface area contributed by atoms with Gasteiger partial charge in [0.15, 0.2) is 0 Å². The Morgan fingerprint density at radius 2 is 1.21 bits per heavy atom. The maximum atomic E-state index is 9.98. The van der Waals surface area contributed by atoms with Crippen LogP contribution in [-0.2, 0) is 4.79 Å². The summed E-state index contributed by atoms with van der Waals surface area (Å²) in [7, 11) is 0. The molecule has 0 aliphatic heterocycles. The predicted molar refractivity (Wildman–Crippen MR) is 73.8 cm³/mol. The summed E-state index contributed by atoms with van der Waals surface area (Å²) in [6, 6.07) is 0.